The normalized spacial score (nSPS) is 10.4. The summed E-state index contributed by atoms with van der Waals surface area (Å²) in [6, 6.07) is 7.52. The van der Waals surface area contributed by atoms with E-state index in [2.05, 4.69) is 32.7 Å². The average Bonchev–Trinajstić information content (AvgIpc) is 2.63. The standard InChI is InChI=1S/C11H8BrCl2NS/c12-11-3-7(6-16-11)5-15-10-2-1-8(13)4-9(10)14/h1-4,6,15H,5H2. The smallest absolute Gasteiger partial charge is 0.0701 e. The van der Waals surface area contributed by atoms with Gasteiger partial charge < -0.3 is 5.32 Å². The van der Waals surface area contributed by atoms with E-state index in [-0.39, 0.29) is 0 Å². The van der Waals surface area contributed by atoms with Crippen molar-refractivity contribution in [1.82, 2.24) is 0 Å². The van der Waals surface area contributed by atoms with Crippen LogP contribution >= 0.6 is 50.5 Å². The van der Waals surface area contributed by atoms with Gasteiger partial charge in [-0.3, -0.25) is 0 Å². The van der Waals surface area contributed by atoms with Crippen LogP contribution in [0.4, 0.5) is 5.69 Å². The second kappa shape index (κ2) is 5.41. The Balaban J connectivity index is 2.04. The highest BCUT2D eigenvalue weighted by molar-refractivity contribution is 9.11. The molecule has 1 N–H and O–H groups in total. The van der Waals surface area contributed by atoms with Crippen LogP contribution in [-0.4, -0.2) is 0 Å². The Kier molecular flexibility index (Phi) is 4.14. The van der Waals surface area contributed by atoms with E-state index < -0.39 is 0 Å². The minimum Gasteiger partial charge on any atom is -0.380 e. The van der Waals surface area contributed by atoms with Crippen molar-refractivity contribution in [3.63, 3.8) is 0 Å². The summed E-state index contributed by atoms with van der Waals surface area (Å²) in [6.45, 7) is 0.753. The molecular formula is C11H8BrCl2NS. The summed E-state index contributed by atoms with van der Waals surface area (Å²) < 4.78 is 1.13. The zero-order chi connectivity index (χ0) is 11.5. The highest BCUT2D eigenvalue weighted by atomic mass is 79.9. The Hall–Kier alpha value is -0.220. The van der Waals surface area contributed by atoms with E-state index in [1.54, 1.807) is 17.4 Å². The van der Waals surface area contributed by atoms with E-state index in [1.165, 1.54) is 5.56 Å². The fourth-order valence-corrected chi connectivity index (χ4v) is 2.95. The number of nitrogens with one attached hydrogen (secondary N) is 1. The molecule has 0 amide bonds. The third-order valence-electron chi connectivity index (χ3n) is 2.04. The summed E-state index contributed by atoms with van der Waals surface area (Å²) in [5.74, 6) is 0. The molecule has 0 aliphatic rings. The zero-order valence-corrected chi connectivity index (χ0v) is 12.1. The lowest BCUT2D eigenvalue weighted by Crippen LogP contribution is -1.98. The van der Waals surface area contributed by atoms with E-state index >= 15 is 0 Å². The molecule has 16 heavy (non-hydrogen) atoms. The first-order chi connectivity index (χ1) is 7.65. The summed E-state index contributed by atoms with van der Waals surface area (Å²) >= 11 is 17.0. The quantitative estimate of drug-likeness (QED) is 0.788. The monoisotopic (exact) mass is 335 g/mol. The second-order valence-electron chi connectivity index (χ2n) is 3.24. The molecule has 0 atom stereocenters. The van der Waals surface area contributed by atoms with Crippen molar-refractivity contribution in [3.05, 3.63) is 49.0 Å². The van der Waals surface area contributed by atoms with Crippen LogP contribution in [0, 0.1) is 0 Å². The van der Waals surface area contributed by atoms with Crippen LogP contribution in [0.3, 0.4) is 0 Å². The highest BCUT2D eigenvalue weighted by Crippen LogP contribution is 2.27. The number of rotatable bonds is 3. The molecule has 5 heteroatoms. The summed E-state index contributed by atoms with van der Waals surface area (Å²) in [5, 5.41) is 6.65. The van der Waals surface area contributed by atoms with Gasteiger partial charge in [0.25, 0.3) is 0 Å². The van der Waals surface area contributed by atoms with Crippen LogP contribution in [0.15, 0.2) is 33.4 Å². The molecule has 0 radical (unpaired) electrons. The number of thiophene rings is 1. The molecule has 0 bridgehead atoms. The van der Waals surface area contributed by atoms with Crippen molar-refractivity contribution >= 4 is 56.2 Å². The maximum absolute atomic E-state index is 6.05. The lowest BCUT2D eigenvalue weighted by Gasteiger charge is -2.07. The van der Waals surface area contributed by atoms with Crippen molar-refractivity contribution in [1.29, 1.82) is 0 Å². The topological polar surface area (TPSA) is 12.0 Å². The van der Waals surface area contributed by atoms with Crippen LogP contribution in [-0.2, 0) is 6.54 Å². The van der Waals surface area contributed by atoms with Crippen molar-refractivity contribution < 1.29 is 0 Å². The van der Waals surface area contributed by atoms with Gasteiger partial charge in [-0.1, -0.05) is 23.2 Å². The van der Waals surface area contributed by atoms with Crippen molar-refractivity contribution in [3.8, 4) is 0 Å². The molecule has 2 aromatic rings. The fourth-order valence-electron chi connectivity index (χ4n) is 1.27. The average molecular weight is 337 g/mol. The molecule has 2 rings (SSSR count). The first-order valence-corrected chi connectivity index (χ1v) is 7.00. The maximum Gasteiger partial charge on any atom is 0.0701 e. The summed E-state index contributed by atoms with van der Waals surface area (Å²) in [5.41, 5.74) is 2.12. The molecule has 84 valence electrons. The van der Waals surface area contributed by atoms with E-state index in [1.807, 2.05) is 12.1 Å². The van der Waals surface area contributed by atoms with Crippen LogP contribution < -0.4 is 5.32 Å². The van der Waals surface area contributed by atoms with Gasteiger partial charge in [0.2, 0.25) is 0 Å². The van der Waals surface area contributed by atoms with Gasteiger partial charge >= 0.3 is 0 Å². The minimum atomic E-state index is 0.641. The molecule has 0 fully saturated rings. The van der Waals surface area contributed by atoms with E-state index in [4.69, 9.17) is 23.2 Å². The molecule has 1 aromatic carbocycles. The number of halogens is 3. The van der Waals surface area contributed by atoms with Crippen LogP contribution in [0.5, 0.6) is 0 Å². The Morgan fingerprint density at radius 1 is 1.25 bits per heavy atom. The van der Waals surface area contributed by atoms with Gasteiger partial charge in [0.05, 0.1) is 14.5 Å². The van der Waals surface area contributed by atoms with Crippen LogP contribution in [0.25, 0.3) is 0 Å². The van der Waals surface area contributed by atoms with Crippen molar-refractivity contribution in [2.24, 2.45) is 0 Å². The van der Waals surface area contributed by atoms with Gasteiger partial charge in [-0.2, -0.15) is 0 Å². The zero-order valence-electron chi connectivity index (χ0n) is 8.14. The van der Waals surface area contributed by atoms with E-state index in [0.29, 0.717) is 10.0 Å². The fraction of sp³-hybridized carbons (Fsp3) is 0.0909. The Morgan fingerprint density at radius 2 is 2.06 bits per heavy atom. The predicted molar refractivity (Wildman–Crippen MR) is 75.8 cm³/mol. The molecule has 0 aliphatic heterocycles. The van der Waals surface area contributed by atoms with Crippen molar-refractivity contribution in [2.75, 3.05) is 5.32 Å². The molecule has 0 saturated heterocycles. The van der Waals surface area contributed by atoms with Gasteiger partial charge in [0.15, 0.2) is 0 Å². The molecule has 1 aromatic heterocycles. The lowest BCUT2D eigenvalue weighted by molar-refractivity contribution is 1.16. The summed E-state index contributed by atoms with van der Waals surface area (Å²) in [6.07, 6.45) is 0. The van der Waals surface area contributed by atoms with Gasteiger partial charge in [-0.05, 0) is 51.1 Å². The lowest BCUT2D eigenvalue weighted by atomic mass is 10.3. The SMILES string of the molecule is Clc1ccc(NCc2csc(Br)c2)c(Cl)c1. The Bertz CT molecular complexity index is 498. The second-order valence-corrected chi connectivity index (χ2v) is 6.37. The summed E-state index contributed by atoms with van der Waals surface area (Å²) in [7, 11) is 0. The van der Waals surface area contributed by atoms with Gasteiger partial charge in [-0.15, -0.1) is 11.3 Å². The van der Waals surface area contributed by atoms with Gasteiger partial charge in [0, 0.05) is 11.6 Å². The molecule has 0 saturated carbocycles. The number of hydrogen-bond acceptors (Lipinski definition) is 2. The van der Waals surface area contributed by atoms with E-state index in [9.17, 15) is 0 Å². The molecular weight excluding hydrogens is 329 g/mol. The predicted octanol–water partition coefficient (Wildman–Crippen LogP) is 5.43. The first-order valence-electron chi connectivity index (χ1n) is 4.57. The minimum absolute atomic E-state index is 0.641. The highest BCUT2D eigenvalue weighted by Gasteiger charge is 2.02. The Labute approximate surface area is 117 Å². The number of anilines is 1. The largest absolute Gasteiger partial charge is 0.380 e. The number of benzene rings is 1. The van der Waals surface area contributed by atoms with Gasteiger partial charge in [0.1, 0.15) is 0 Å². The first kappa shape index (κ1) is 12.2. The Morgan fingerprint density at radius 3 is 2.69 bits per heavy atom. The molecule has 1 heterocycles. The van der Waals surface area contributed by atoms with Crippen LogP contribution in [0.1, 0.15) is 5.56 Å². The molecule has 0 unspecified atom stereocenters. The summed E-state index contributed by atoms with van der Waals surface area (Å²) in [4.78, 5) is 0. The van der Waals surface area contributed by atoms with Crippen LogP contribution in [0.2, 0.25) is 10.0 Å². The van der Waals surface area contributed by atoms with Gasteiger partial charge in [-0.25, -0.2) is 0 Å². The third-order valence-corrected chi connectivity index (χ3v) is 4.14. The molecule has 0 aliphatic carbocycles. The molecule has 0 spiro atoms. The van der Waals surface area contributed by atoms with Crippen molar-refractivity contribution in [2.45, 2.75) is 6.54 Å². The number of hydrogen-bond donors (Lipinski definition) is 1. The maximum atomic E-state index is 6.05. The van der Waals surface area contributed by atoms with E-state index in [0.717, 1.165) is 16.0 Å². The third kappa shape index (κ3) is 3.14. The molecule has 1 nitrogen and oxygen atoms in total.